The Morgan fingerprint density at radius 3 is 2.59 bits per heavy atom. The highest BCUT2D eigenvalue weighted by atomic mass is 35.5. The minimum Gasteiger partial charge on any atom is -0.323 e. The molecule has 0 radical (unpaired) electrons. The lowest BCUT2D eigenvalue weighted by Crippen LogP contribution is -2.16. The summed E-state index contributed by atoms with van der Waals surface area (Å²) in [6.45, 7) is -3.12. The number of aryl methyl sites for hydroxylation is 1. The Bertz CT molecular complexity index is 1490. The molecule has 4 aromatic heterocycles. The zero-order valence-corrected chi connectivity index (χ0v) is 20.0. The van der Waals surface area contributed by atoms with Gasteiger partial charge in [0.05, 0.1) is 40.9 Å². The van der Waals surface area contributed by atoms with Crippen LogP contribution in [0.15, 0.2) is 61.4 Å². The zero-order chi connectivity index (χ0) is 25.9. The van der Waals surface area contributed by atoms with Gasteiger partial charge < -0.3 is 4.74 Å². The zero-order valence-electron chi connectivity index (χ0n) is 19.3. The molecular formula is C23H19ClF3N9O. The van der Waals surface area contributed by atoms with Gasteiger partial charge in [-0.05, 0) is 41.1 Å². The highest BCUT2D eigenvalue weighted by Gasteiger charge is 2.21. The van der Waals surface area contributed by atoms with Crippen LogP contribution in [0.25, 0.3) is 28.1 Å². The average Bonchev–Trinajstić information content (AvgIpc) is 3.66. The molecule has 0 aliphatic heterocycles. The first-order valence-corrected chi connectivity index (χ1v) is 11.4. The summed E-state index contributed by atoms with van der Waals surface area (Å²) in [7, 11) is 1.81. The quantitative estimate of drug-likeness (QED) is 0.280. The predicted molar refractivity (Wildman–Crippen MR) is 126 cm³/mol. The fourth-order valence-corrected chi connectivity index (χ4v) is 4.17. The van der Waals surface area contributed by atoms with Gasteiger partial charge >= 0.3 is 6.61 Å². The first-order valence-electron chi connectivity index (χ1n) is 11.0. The van der Waals surface area contributed by atoms with Crippen LogP contribution in [0, 0.1) is 5.82 Å². The van der Waals surface area contributed by atoms with Gasteiger partial charge in [0.1, 0.15) is 6.33 Å². The van der Waals surface area contributed by atoms with Crippen molar-refractivity contribution in [2.45, 2.75) is 19.1 Å². The molecule has 5 aromatic rings. The molecule has 5 rings (SSSR count). The highest BCUT2D eigenvalue weighted by molar-refractivity contribution is 6.31. The van der Waals surface area contributed by atoms with Gasteiger partial charge in [-0.25, -0.2) is 4.39 Å². The van der Waals surface area contributed by atoms with Crippen LogP contribution in [0.2, 0.25) is 5.02 Å². The van der Waals surface area contributed by atoms with Crippen LogP contribution in [0.4, 0.5) is 13.2 Å². The topological polar surface area (TPSA) is 101 Å². The van der Waals surface area contributed by atoms with Crippen molar-refractivity contribution in [1.29, 1.82) is 0 Å². The van der Waals surface area contributed by atoms with E-state index in [-0.39, 0.29) is 23.6 Å². The smallest absolute Gasteiger partial charge is 0.323 e. The Balaban J connectivity index is 1.50. The average molecular weight is 530 g/mol. The molecule has 0 amide bonds. The van der Waals surface area contributed by atoms with E-state index in [0.717, 1.165) is 11.3 Å². The first-order chi connectivity index (χ1) is 17.9. The number of tetrazole rings is 1. The standard InChI is InChI=1S/C23H19ClF3N9O/c1-34-18(6-8-30-34)15-11-31-35(12-15)19(7-9-37-23(26)27)17-4-2-14(10-28-17)21-20(36-13-29-32-33-36)5-3-16(24)22(21)25/h2-6,8,10-13,19,23H,7,9H2,1H3. The first kappa shape index (κ1) is 24.6. The summed E-state index contributed by atoms with van der Waals surface area (Å²) in [5.41, 5.74) is 3.11. The van der Waals surface area contributed by atoms with Crippen molar-refractivity contribution in [3.8, 4) is 28.1 Å². The maximum atomic E-state index is 15.1. The van der Waals surface area contributed by atoms with Crippen LogP contribution in [-0.2, 0) is 11.8 Å². The van der Waals surface area contributed by atoms with Crippen molar-refractivity contribution >= 4 is 11.6 Å². The van der Waals surface area contributed by atoms with Crippen LogP contribution >= 0.6 is 11.6 Å². The Kier molecular flexibility index (Phi) is 6.97. The van der Waals surface area contributed by atoms with E-state index in [2.05, 4.69) is 35.4 Å². The third-order valence-corrected chi connectivity index (χ3v) is 6.05. The molecule has 1 atom stereocenters. The monoisotopic (exact) mass is 529 g/mol. The summed E-state index contributed by atoms with van der Waals surface area (Å²) in [6.07, 6.45) is 8.09. The second-order valence-electron chi connectivity index (χ2n) is 7.97. The number of aromatic nitrogens is 9. The largest absolute Gasteiger partial charge is 0.345 e. The van der Waals surface area contributed by atoms with E-state index in [1.54, 1.807) is 53.2 Å². The highest BCUT2D eigenvalue weighted by Crippen LogP contribution is 2.34. The number of benzene rings is 1. The fourth-order valence-electron chi connectivity index (χ4n) is 4.01. The third kappa shape index (κ3) is 5.08. The molecule has 0 aliphatic rings. The van der Waals surface area contributed by atoms with Crippen molar-refractivity contribution in [1.82, 2.24) is 44.8 Å². The van der Waals surface area contributed by atoms with E-state index in [0.29, 0.717) is 16.9 Å². The number of halogens is 4. The molecule has 0 saturated carbocycles. The molecule has 0 spiro atoms. The van der Waals surface area contributed by atoms with Gasteiger partial charge in [0.2, 0.25) is 0 Å². The molecule has 0 fully saturated rings. The van der Waals surface area contributed by atoms with E-state index in [1.807, 2.05) is 6.07 Å². The van der Waals surface area contributed by atoms with Gasteiger partial charge in [-0.3, -0.25) is 14.3 Å². The third-order valence-electron chi connectivity index (χ3n) is 5.76. The normalized spacial score (nSPS) is 12.4. The summed E-state index contributed by atoms with van der Waals surface area (Å²) < 4.78 is 49.6. The van der Waals surface area contributed by atoms with E-state index in [1.165, 1.54) is 23.3 Å². The van der Waals surface area contributed by atoms with Crippen molar-refractivity contribution < 1.29 is 17.9 Å². The molecule has 0 aliphatic carbocycles. The van der Waals surface area contributed by atoms with Crippen LogP contribution in [-0.4, -0.2) is 58.0 Å². The molecule has 0 saturated heterocycles. The van der Waals surface area contributed by atoms with E-state index >= 15 is 4.39 Å². The van der Waals surface area contributed by atoms with Crippen molar-refractivity contribution in [3.05, 3.63) is 78.0 Å². The minimum absolute atomic E-state index is 0.0721. The van der Waals surface area contributed by atoms with Crippen LogP contribution in [0.3, 0.4) is 0 Å². The number of hydrogen-bond acceptors (Lipinski definition) is 7. The molecule has 1 unspecified atom stereocenters. The second kappa shape index (κ2) is 10.5. The summed E-state index contributed by atoms with van der Waals surface area (Å²) in [4.78, 5) is 4.52. The molecular weight excluding hydrogens is 511 g/mol. The maximum Gasteiger partial charge on any atom is 0.345 e. The Morgan fingerprint density at radius 1 is 1.05 bits per heavy atom. The number of nitrogens with zero attached hydrogens (tertiary/aromatic N) is 9. The summed E-state index contributed by atoms with van der Waals surface area (Å²) in [5.74, 6) is -0.654. The van der Waals surface area contributed by atoms with Gasteiger partial charge in [-0.15, -0.1) is 5.10 Å². The molecule has 0 N–H and O–H groups in total. The maximum absolute atomic E-state index is 15.1. The van der Waals surface area contributed by atoms with Gasteiger partial charge in [0.25, 0.3) is 0 Å². The molecule has 1 aromatic carbocycles. The van der Waals surface area contributed by atoms with Gasteiger partial charge in [-0.1, -0.05) is 17.7 Å². The molecule has 10 nitrogen and oxygen atoms in total. The van der Waals surface area contributed by atoms with Crippen molar-refractivity contribution in [2.75, 3.05) is 6.61 Å². The molecule has 190 valence electrons. The van der Waals surface area contributed by atoms with Crippen LogP contribution in [0.5, 0.6) is 0 Å². The van der Waals surface area contributed by atoms with Gasteiger partial charge in [0, 0.05) is 42.3 Å². The number of alkyl halides is 2. The lowest BCUT2D eigenvalue weighted by Gasteiger charge is -2.18. The molecule has 4 heterocycles. The number of ether oxygens (including phenoxy) is 1. The lowest BCUT2D eigenvalue weighted by atomic mass is 10.0. The van der Waals surface area contributed by atoms with Gasteiger partial charge in [-0.2, -0.15) is 23.7 Å². The summed E-state index contributed by atoms with van der Waals surface area (Å²) in [5, 5.41) is 19.6. The Morgan fingerprint density at radius 2 is 1.92 bits per heavy atom. The SMILES string of the molecule is Cn1nccc1-c1cnn(C(CCOC(F)F)c2ccc(-c3c(-n4cnnn4)ccc(Cl)c3F)cn2)c1. The fraction of sp³-hybridized carbons (Fsp3) is 0.217. The molecule has 0 bridgehead atoms. The number of hydrogen-bond donors (Lipinski definition) is 0. The number of pyridine rings is 1. The van der Waals surface area contributed by atoms with E-state index < -0.39 is 18.5 Å². The van der Waals surface area contributed by atoms with Crippen molar-refractivity contribution in [2.24, 2.45) is 7.05 Å². The van der Waals surface area contributed by atoms with E-state index in [9.17, 15) is 8.78 Å². The summed E-state index contributed by atoms with van der Waals surface area (Å²) in [6, 6.07) is 7.66. The van der Waals surface area contributed by atoms with E-state index in [4.69, 9.17) is 11.6 Å². The predicted octanol–water partition coefficient (Wildman–Crippen LogP) is 4.33. The second-order valence-corrected chi connectivity index (χ2v) is 8.37. The van der Waals surface area contributed by atoms with Crippen LogP contribution < -0.4 is 0 Å². The Hall–Kier alpha value is -4.10. The minimum atomic E-state index is -2.89. The Labute approximate surface area is 213 Å². The lowest BCUT2D eigenvalue weighted by molar-refractivity contribution is -0.130. The van der Waals surface area contributed by atoms with Crippen molar-refractivity contribution in [3.63, 3.8) is 0 Å². The van der Waals surface area contributed by atoms with Crippen LogP contribution in [0.1, 0.15) is 18.2 Å². The molecule has 14 heteroatoms. The molecule has 37 heavy (non-hydrogen) atoms. The number of rotatable bonds is 9. The van der Waals surface area contributed by atoms with Gasteiger partial charge in [0.15, 0.2) is 5.82 Å². The summed E-state index contributed by atoms with van der Waals surface area (Å²) >= 11 is 6.05.